The molecule has 0 unspecified atom stereocenters. The molecule has 0 aromatic carbocycles. The van der Waals surface area contributed by atoms with Gasteiger partial charge in [-0.3, -0.25) is 0 Å². The molecule has 1 aliphatic heterocycles. The maximum atomic E-state index is 5.98. The first kappa shape index (κ1) is 18.3. The molecular weight excluding hydrogens is 354 g/mol. The molecule has 0 bridgehead atoms. The summed E-state index contributed by atoms with van der Waals surface area (Å²) in [6.45, 7) is 8.58. The summed E-state index contributed by atoms with van der Waals surface area (Å²) in [6, 6.07) is 5.91. The van der Waals surface area contributed by atoms with Crippen molar-refractivity contribution in [3.8, 4) is 11.7 Å². The number of hydrogen-bond donors (Lipinski definition) is 0. The van der Waals surface area contributed by atoms with Crippen LogP contribution < -0.4 is 9.64 Å². The molecule has 4 heterocycles. The van der Waals surface area contributed by atoms with Gasteiger partial charge in [-0.1, -0.05) is 0 Å². The molecule has 0 amide bonds. The second kappa shape index (κ2) is 7.92. The van der Waals surface area contributed by atoms with Crippen LogP contribution in [-0.2, 0) is 0 Å². The van der Waals surface area contributed by atoms with Crippen molar-refractivity contribution in [1.82, 2.24) is 29.7 Å². The summed E-state index contributed by atoms with van der Waals surface area (Å²) in [4.78, 5) is 19.5. The Kier molecular flexibility index (Phi) is 5.18. The first-order valence-electron chi connectivity index (χ1n) is 9.60. The zero-order valence-corrected chi connectivity index (χ0v) is 16.5. The van der Waals surface area contributed by atoms with Crippen molar-refractivity contribution in [1.29, 1.82) is 0 Å². The largest absolute Gasteiger partial charge is 0.477 e. The molecule has 3 aromatic heterocycles. The number of rotatable bonds is 5. The van der Waals surface area contributed by atoms with Crippen molar-refractivity contribution in [3.05, 3.63) is 47.9 Å². The normalized spacial score (nSPS) is 15.0. The molecular formula is C20H25N7O. The second-order valence-electron chi connectivity index (χ2n) is 7.31. The number of aryl methyl sites for hydroxylation is 3. The SMILES string of the molecule is Cc1cc(N2CCC(COc3cc(-n4nc(C)cc4C)ncn3)CC2)ncn1. The number of anilines is 1. The Morgan fingerprint density at radius 3 is 2.36 bits per heavy atom. The molecule has 0 aliphatic carbocycles. The van der Waals surface area contributed by atoms with Crippen molar-refractivity contribution in [2.45, 2.75) is 33.6 Å². The molecule has 0 spiro atoms. The van der Waals surface area contributed by atoms with Crippen LogP contribution in [0.3, 0.4) is 0 Å². The van der Waals surface area contributed by atoms with Crippen LogP contribution >= 0.6 is 0 Å². The van der Waals surface area contributed by atoms with E-state index in [0.717, 1.165) is 54.6 Å². The molecule has 0 radical (unpaired) electrons. The van der Waals surface area contributed by atoms with Crippen LogP contribution in [-0.4, -0.2) is 49.4 Å². The lowest BCUT2D eigenvalue weighted by atomic mass is 9.98. The standard InChI is InChI=1S/C20H25N7O/c1-14-9-18(22-12-21-14)26-6-4-17(5-7-26)11-28-20-10-19(23-13-24-20)27-16(3)8-15(2)25-27/h8-10,12-13,17H,4-7,11H2,1-3H3. The molecule has 1 aliphatic rings. The van der Waals surface area contributed by atoms with Crippen LogP contribution in [0.5, 0.6) is 5.88 Å². The van der Waals surface area contributed by atoms with Gasteiger partial charge in [0.25, 0.3) is 0 Å². The van der Waals surface area contributed by atoms with Crippen LogP contribution in [0.4, 0.5) is 5.82 Å². The molecule has 8 nitrogen and oxygen atoms in total. The molecule has 8 heteroatoms. The van der Waals surface area contributed by atoms with E-state index >= 15 is 0 Å². The minimum Gasteiger partial charge on any atom is -0.477 e. The second-order valence-corrected chi connectivity index (χ2v) is 7.31. The van der Waals surface area contributed by atoms with E-state index in [1.54, 1.807) is 6.33 Å². The van der Waals surface area contributed by atoms with E-state index in [1.807, 2.05) is 43.7 Å². The Hall–Kier alpha value is -3.03. The van der Waals surface area contributed by atoms with Gasteiger partial charge in [0.05, 0.1) is 12.3 Å². The Balaban J connectivity index is 1.33. The summed E-state index contributed by atoms with van der Waals surface area (Å²) < 4.78 is 7.79. The summed E-state index contributed by atoms with van der Waals surface area (Å²) in [7, 11) is 0. The smallest absolute Gasteiger partial charge is 0.218 e. The van der Waals surface area contributed by atoms with Crippen LogP contribution in [0.15, 0.2) is 30.9 Å². The fourth-order valence-corrected chi connectivity index (χ4v) is 3.53. The Bertz CT molecular complexity index is 947. The average Bonchev–Trinajstić information content (AvgIpc) is 3.05. The predicted molar refractivity (Wildman–Crippen MR) is 106 cm³/mol. The molecule has 1 saturated heterocycles. The van der Waals surface area contributed by atoms with E-state index in [9.17, 15) is 0 Å². The molecule has 0 atom stereocenters. The van der Waals surface area contributed by atoms with Gasteiger partial charge in [0, 0.05) is 36.6 Å². The van der Waals surface area contributed by atoms with Gasteiger partial charge in [-0.15, -0.1) is 0 Å². The molecule has 0 N–H and O–H groups in total. The van der Waals surface area contributed by atoms with Gasteiger partial charge in [-0.05, 0) is 45.6 Å². The Labute approximate surface area is 164 Å². The predicted octanol–water partition coefficient (Wildman–Crippen LogP) is 2.67. The van der Waals surface area contributed by atoms with E-state index in [0.29, 0.717) is 18.4 Å². The minimum atomic E-state index is 0.506. The first-order chi connectivity index (χ1) is 13.6. The third kappa shape index (κ3) is 4.11. The highest BCUT2D eigenvalue weighted by molar-refractivity contribution is 5.39. The number of ether oxygens (including phenoxy) is 1. The molecule has 4 rings (SSSR count). The molecule has 146 valence electrons. The number of nitrogens with zero attached hydrogens (tertiary/aromatic N) is 7. The summed E-state index contributed by atoms with van der Waals surface area (Å²) in [5.74, 6) is 2.83. The van der Waals surface area contributed by atoms with Crippen molar-refractivity contribution >= 4 is 5.82 Å². The summed E-state index contributed by atoms with van der Waals surface area (Å²) >= 11 is 0. The quantitative estimate of drug-likeness (QED) is 0.674. The molecule has 28 heavy (non-hydrogen) atoms. The van der Waals surface area contributed by atoms with Crippen molar-refractivity contribution in [3.63, 3.8) is 0 Å². The van der Waals surface area contributed by atoms with E-state index in [2.05, 4.69) is 29.9 Å². The molecule has 1 fully saturated rings. The zero-order chi connectivity index (χ0) is 19.5. The highest BCUT2D eigenvalue weighted by atomic mass is 16.5. The lowest BCUT2D eigenvalue weighted by Crippen LogP contribution is -2.36. The summed E-state index contributed by atoms with van der Waals surface area (Å²) in [6.07, 6.45) is 5.30. The van der Waals surface area contributed by atoms with E-state index < -0.39 is 0 Å². The summed E-state index contributed by atoms with van der Waals surface area (Å²) in [5, 5.41) is 4.47. The monoisotopic (exact) mass is 379 g/mol. The van der Waals surface area contributed by atoms with Crippen molar-refractivity contribution in [2.24, 2.45) is 5.92 Å². The van der Waals surface area contributed by atoms with E-state index in [-0.39, 0.29) is 0 Å². The lowest BCUT2D eigenvalue weighted by molar-refractivity contribution is 0.215. The fraction of sp³-hybridized carbons (Fsp3) is 0.450. The first-order valence-corrected chi connectivity index (χ1v) is 9.60. The average molecular weight is 379 g/mol. The van der Waals surface area contributed by atoms with Gasteiger partial charge >= 0.3 is 0 Å². The third-order valence-electron chi connectivity index (χ3n) is 5.05. The highest BCUT2D eigenvalue weighted by Crippen LogP contribution is 2.23. The minimum absolute atomic E-state index is 0.506. The third-order valence-corrected chi connectivity index (χ3v) is 5.05. The zero-order valence-electron chi connectivity index (χ0n) is 16.5. The maximum Gasteiger partial charge on any atom is 0.218 e. The van der Waals surface area contributed by atoms with Gasteiger partial charge in [0.2, 0.25) is 5.88 Å². The highest BCUT2D eigenvalue weighted by Gasteiger charge is 2.21. The van der Waals surface area contributed by atoms with Gasteiger partial charge in [-0.25, -0.2) is 24.6 Å². The maximum absolute atomic E-state index is 5.98. The topological polar surface area (TPSA) is 81.9 Å². The van der Waals surface area contributed by atoms with Crippen LogP contribution in [0, 0.1) is 26.7 Å². The number of aromatic nitrogens is 6. The van der Waals surface area contributed by atoms with Crippen LogP contribution in [0.25, 0.3) is 5.82 Å². The van der Waals surface area contributed by atoms with Crippen LogP contribution in [0.2, 0.25) is 0 Å². The van der Waals surface area contributed by atoms with Crippen molar-refractivity contribution in [2.75, 3.05) is 24.6 Å². The number of piperidine rings is 1. The van der Waals surface area contributed by atoms with E-state index in [4.69, 9.17) is 4.74 Å². The molecule has 0 saturated carbocycles. The Morgan fingerprint density at radius 1 is 0.893 bits per heavy atom. The van der Waals surface area contributed by atoms with Gasteiger partial charge in [0.15, 0.2) is 5.82 Å². The Morgan fingerprint density at radius 2 is 1.64 bits per heavy atom. The summed E-state index contributed by atoms with van der Waals surface area (Å²) in [5.41, 5.74) is 3.00. The van der Waals surface area contributed by atoms with Gasteiger partial charge in [-0.2, -0.15) is 5.10 Å². The number of hydrogen-bond acceptors (Lipinski definition) is 7. The van der Waals surface area contributed by atoms with Gasteiger partial charge < -0.3 is 9.64 Å². The lowest BCUT2D eigenvalue weighted by Gasteiger charge is -2.32. The fourth-order valence-electron chi connectivity index (χ4n) is 3.53. The molecule has 3 aromatic rings. The van der Waals surface area contributed by atoms with Crippen LogP contribution in [0.1, 0.15) is 29.9 Å². The van der Waals surface area contributed by atoms with E-state index in [1.165, 1.54) is 6.33 Å². The van der Waals surface area contributed by atoms with Crippen molar-refractivity contribution < 1.29 is 4.74 Å². The van der Waals surface area contributed by atoms with Gasteiger partial charge in [0.1, 0.15) is 18.5 Å².